The summed E-state index contributed by atoms with van der Waals surface area (Å²) in [4.78, 5) is 26.0. The second-order valence-corrected chi connectivity index (χ2v) is 5.63. The first-order chi connectivity index (χ1) is 9.59. The zero-order chi connectivity index (χ0) is 14.2. The maximum absolute atomic E-state index is 13.2. The van der Waals surface area contributed by atoms with Crippen molar-refractivity contribution in [2.45, 2.75) is 37.8 Å². The highest BCUT2D eigenvalue weighted by Gasteiger charge is 2.48. The van der Waals surface area contributed by atoms with Crippen LogP contribution >= 0.6 is 0 Å². The van der Waals surface area contributed by atoms with E-state index in [9.17, 15) is 14.0 Å². The molecule has 106 valence electrons. The minimum atomic E-state index is -0.706. The largest absolute Gasteiger partial charge is 0.340 e. The molecular weight excluding hydrogens is 259 g/mol. The molecule has 1 N–H and O–H groups in total. The average Bonchev–Trinajstić information content (AvgIpc) is 2.85. The lowest BCUT2D eigenvalue weighted by Gasteiger charge is -2.39. The molecule has 1 saturated carbocycles. The summed E-state index contributed by atoms with van der Waals surface area (Å²) in [5.74, 6) is -0.478. The molecular formula is C15H17FN2O2. The molecule has 0 radical (unpaired) electrons. The van der Waals surface area contributed by atoms with Crippen LogP contribution in [0.25, 0.3) is 0 Å². The molecule has 4 nitrogen and oxygen atoms in total. The molecule has 1 aliphatic heterocycles. The number of nitrogens with one attached hydrogen (secondary N) is 1. The van der Waals surface area contributed by atoms with Gasteiger partial charge in [-0.05, 0) is 30.5 Å². The zero-order valence-electron chi connectivity index (χ0n) is 11.2. The molecule has 0 bridgehead atoms. The van der Waals surface area contributed by atoms with Gasteiger partial charge in [-0.1, -0.05) is 25.0 Å². The number of hydrogen-bond donors (Lipinski definition) is 1. The molecule has 1 heterocycles. The summed E-state index contributed by atoms with van der Waals surface area (Å²) >= 11 is 0. The van der Waals surface area contributed by atoms with Crippen LogP contribution in [0.2, 0.25) is 0 Å². The zero-order valence-corrected chi connectivity index (χ0v) is 11.2. The van der Waals surface area contributed by atoms with E-state index in [-0.39, 0.29) is 30.7 Å². The predicted molar refractivity (Wildman–Crippen MR) is 71.2 cm³/mol. The van der Waals surface area contributed by atoms with E-state index in [1.165, 1.54) is 12.1 Å². The maximum atomic E-state index is 13.2. The van der Waals surface area contributed by atoms with Crippen molar-refractivity contribution >= 4 is 11.8 Å². The molecule has 1 spiro atoms. The summed E-state index contributed by atoms with van der Waals surface area (Å²) in [5, 5.41) is 2.86. The molecule has 0 unspecified atom stereocenters. The van der Waals surface area contributed by atoms with E-state index in [1.807, 2.05) is 0 Å². The smallest absolute Gasteiger partial charge is 0.249 e. The van der Waals surface area contributed by atoms with Gasteiger partial charge in [0.1, 0.15) is 11.4 Å². The number of piperazine rings is 1. The highest BCUT2D eigenvalue weighted by atomic mass is 19.1. The van der Waals surface area contributed by atoms with Crippen LogP contribution < -0.4 is 5.32 Å². The third-order valence-electron chi connectivity index (χ3n) is 4.13. The number of carbonyl (C=O) groups is 2. The van der Waals surface area contributed by atoms with Gasteiger partial charge in [-0.25, -0.2) is 4.39 Å². The van der Waals surface area contributed by atoms with Crippen molar-refractivity contribution in [1.29, 1.82) is 0 Å². The predicted octanol–water partition coefficient (Wildman–Crippen LogP) is 1.60. The van der Waals surface area contributed by atoms with Crippen molar-refractivity contribution in [3.8, 4) is 0 Å². The number of rotatable bonds is 2. The fourth-order valence-electron chi connectivity index (χ4n) is 3.21. The van der Waals surface area contributed by atoms with Crippen molar-refractivity contribution in [1.82, 2.24) is 10.2 Å². The Morgan fingerprint density at radius 1 is 1.25 bits per heavy atom. The van der Waals surface area contributed by atoms with Crippen LogP contribution in [0.3, 0.4) is 0 Å². The normalized spacial score (nSPS) is 21.4. The highest BCUT2D eigenvalue weighted by Crippen LogP contribution is 2.33. The number of benzene rings is 1. The average molecular weight is 276 g/mol. The minimum absolute atomic E-state index is 0.0288. The molecule has 1 aliphatic carbocycles. The lowest BCUT2D eigenvalue weighted by atomic mass is 9.93. The Kier molecular flexibility index (Phi) is 3.20. The van der Waals surface area contributed by atoms with Gasteiger partial charge in [0, 0.05) is 6.54 Å². The molecule has 0 atom stereocenters. The summed E-state index contributed by atoms with van der Waals surface area (Å²) in [5.41, 5.74) is 0.00375. The summed E-state index contributed by atoms with van der Waals surface area (Å²) in [6.07, 6.45) is 3.33. The van der Waals surface area contributed by atoms with Crippen molar-refractivity contribution in [3.05, 3.63) is 35.6 Å². The fraction of sp³-hybridized carbons (Fsp3) is 0.467. The summed E-state index contributed by atoms with van der Waals surface area (Å²) in [7, 11) is 0. The Bertz CT molecular complexity index is 553. The molecule has 1 aromatic carbocycles. The molecule has 20 heavy (non-hydrogen) atoms. The second-order valence-electron chi connectivity index (χ2n) is 5.63. The van der Waals surface area contributed by atoms with Crippen LogP contribution in [-0.4, -0.2) is 28.8 Å². The van der Waals surface area contributed by atoms with Gasteiger partial charge < -0.3 is 10.2 Å². The standard InChI is InChI=1S/C15H17FN2O2/c16-12-5-3-4-11(8-12)9-18-10-13(19)17-15(14(18)20)6-1-2-7-15/h3-5,8H,1-2,6-7,9-10H2,(H,17,19). The Morgan fingerprint density at radius 2 is 2.00 bits per heavy atom. The molecule has 2 aliphatic rings. The Hall–Kier alpha value is -1.91. The molecule has 2 amide bonds. The van der Waals surface area contributed by atoms with Crippen molar-refractivity contribution in [2.75, 3.05) is 6.54 Å². The highest BCUT2D eigenvalue weighted by molar-refractivity contribution is 5.98. The van der Waals surface area contributed by atoms with Crippen molar-refractivity contribution < 1.29 is 14.0 Å². The summed E-state index contributed by atoms with van der Waals surface area (Å²) in [6.45, 7) is 0.336. The Labute approximate surface area is 117 Å². The van der Waals surface area contributed by atoms with E-state index in [2.05, 4.69) is 5.32 Å². The van der Waals surface area contributed by atoms with Gasteiger partial charge >= 0.3 is 0 Å². The first kappa shape index (κ1) is 13.1. The van der Waals surface area contributed by atoms with Gasteiger partial charge in [-0.15, -0.1) is 0 Å². The molecule has 3 rings (SSSR count). The van der Waals surface area contributed by atoms with Crippen molar-refractivity contribution in [3.63, 3.8) is 0 Å². The van der Waals surface area contributed by atoms with Gasteiger partial charge in [0.05, 0.1) is 6.54 Å². The quantitative estimate of drug-likeness (QED) is 0.892. The van der Waals surface area contributed by atoms with Crippen LogP contribution in [0.15, 0.2) is 24.3 Å². The van der Waals surface area contributed by atoms with E-state index < -0.39 is 5.54 Å². The van der Waals surface area contributed by atoms with Crippen LogP contribution in [0.4, 0.5) is 4.39 Å². The third-order valence-corrected chi connectivity index (χ3v) is 4.13. The maximum Gasteiger partial charge on any atom is 0.249 e. The molecule has 5 heteroatoms. The topological polar surface area (TPSA) is 49.4 Å². The van der Waals surface area contributed by atoms with E-state index >= 15 is 0 Å². The Balaban J connectivity index is 1.81. The minimum Gasteiger partial charge on any atom is -0.340 e. The number of amides is 2. The van der Waals surface area contributed by atoms with Gasteiger partial charge in [0.15, 0.2) is 0 Å². The van der Waals surface area contributed by atoms with Crippen LogP contribution in [0.5, 0.6) is 0 Å². The van der Waals surface area contributed by atoms with E-state index in [4.69, 9.17) is 0 Å². The van der Waals surface area contributed by atoms with E-state index in [0.29, 0.717) is 18.4 Å². The monoisotopic (exact) mass is 276 g/mol. The van der Waals surface area contributed by atoms with Gasteiger partial charge in [-0.2, -0.15) is 0 Å². The first-order valence-electron chi connectivity index (χ1n) is 6.94. The number of carbonyl (C=O) groups excluding carboxylic acids is 2. The molecule has 1 saturated heterocycles. The molecule has 2 fully saturated rings. The van der Waals surface area contributed by atoms with Crippen LogP contribution in [0, 0.1) is 5.82 Å². The second kappa shape index (κ2) is 4.89. The van der Waals surface area contributed by atoms with E-state index in [0.717, 1.165) is 12.8 Å². The third kappa shape index (κ3) is 2.28. The van der Waals surface area contributed by atoms with Crippen LogP contribution in [-0.2, 0) is 16.1 Å². The summed E-state index contributed by atoms with van der Waals surface area (Å²) < 4.78 is 13.2. The summed E-state index contributed by atoms with van der Waals surface area (Å²) in [6, 6.07) is 6.16. The van der Waals surface area contributed by atoms with Gasteiger partial charge in [0.25, 0.3) is 0 Å². The number of hydrogen-bond acceptors (Lipinski definition) is 2. The van der Waals surface area contributed by atoms with Gasteiger partial charge in [-0.3, -0.25) is 9.59 Å². The molecule has 1 aromatic rings. The van der Waals surface area contributed by atoms with E-state index in [1.54, 1.807) is 17.0 Å². The van der Waals surface area contributed by atoms with Gasteiger partial charge in [0.2, 0.25) is 11.8 Å². The molecule has 0 aromatic heterocycles. The number of nitrogens with zero attached hydrogens (tertiary/aromatic N) is 1. The Morgan fingerprint density at radius 3 is 2.70 bits per heavy atom. The SMILES string of the molecule is O=C1CN(Cc2cccc(F)c2)C(=O)C2(CCCC2)N1. The van der Waals surface area contributed by atoms with Crippen LogP contribution in [0.1, 0.15) is 31.2 Å². The fourth-order valence-corrected chi connectivity index (χ4v) is 3.21. The lowest BCUT2D eigenvalue weighted by Crippen LogP contribution is -2.65. The lowest BCUT2D eigenvalue weighted by molar-refractivity contribution is -0.150. The van der Waals surface area contributed by atoms with Crippen molar-refractivity contribution in [2.24, 2.45) is 0 Å². The first-order valence-corrected chi connectivity index (χ1v) is 6.94. The number of halogens is 1.